The van der Waals surface area contributed by atoms with Crippen molar-refractivity contribution in [3.8, 4) is 0 Å². The molecule has 4 rings (SSSR count). The number of para-hydroxylation sites is 1. The Bertz CT molecular complexity index is 808. The van der Waals surface area contributed by atoms with Crippen molar-refractivity contribution < 1.29 is 19.5 Å². The van der Waals surface area contributed by atoms with Gasteiger partial charge in [-0.05, 0) is 18.4 Å². The summed E-state index contributed by atoms with van der Waals surface area (Å²) in [7, 11) is 0. The van der Waals surface area contributed by atoms with Gasteiger partial charge in [-0.2, -0.15) is 0 Å². The number of piperazine rings is 1. The molecular formula is C19H23N3O4. The van der Waals surface area contributed by atoms with Crippen LogP contribution in [0.3, 0.4) is 0 Å². The summed E-state index contributed by atoms with van der Waals surface area (Å²) in [5.74, 6) is -0.535. The van der Waals surface area contributed by atoms with Gasteiger partial charge in [0.1, 0.15) is 23.9 Å². The van der Waals surface area contributed by atoms with Gasteiger partial charge in [-0.15, -0.1) is 0 Å². The minimum atomic E-state index is -1.44. The SMILES string of the molecule is CC(=O)N1c2ccccc2C2(O)CC3C(=O)NC(CC(C)C)C(=O)N3C12. The molecule has 138 valence electrons. The molecule has 3 aliphatic heterocycles. The summed E-state index contributed by atoms with van der Waals surface area (Å²) in [5.41, 5.74) is -0.243. The van der Waals surface area contributed by atoms with E-state index in [4.69, 9.17) is 0 Å². The molecule has 0 radical (unpaired) electrons. The second-order valence-electron chi connectivity index (χ2n) is 7.86. The Hall–Kier alpha value is -2.41. The molecule has 2 N–H and O–H groups in total. The molecule has 4 unspecified atom stereocenters. The average molecular weight is 357 g/mol. The molecule has 7 nitrogen and oxygen atoms in total. The highest BCUT2D eigenvalue weighted by Crippen LogP contribution is 2.53. The summed E-state index contributed by atoms with van der Waals surface area (Å²) in [6, 6.07) is 5.72. The number of rotatable bonds is 2. The number of aliphatic hydroxyl groups is 1. The number of benzene rings is 1. The summed E-state index contributed by atoms with van der Waals surface area (Å²) in [6.45, 7) is 5.38. The number of amides is 3. The first-order valence-corrected chi connectivity index (χ1v) is 9.00. The van der Waals surface area contributed by atoms with E-state index in [9.17, 15) is 19.5 Å². The minimum Gasteiger partial charge on any atom is -0.381 e. The van der Waals surface area contributed by atoms with Crippen LogP contribution in [0.5, 0.6) is 0 Å². The summed E-state index contributed by atoms with van der Waals surface area (Å²) in [6.07, 6.45) is -0.272. The van der Waals surface area contributed by atoms with Crippen LogP contribution in [-0.4, -0.2) is 46.0 Å². The molecular weight excluding hydrogens is 334 g/mol. The van der Waals surface area contributed by atoms with Gasteiger partial charge in [0, 0.05) is 18.9 Å². The van der Waals surface area contributed by atoms with Gasteiger partial charge in [-0.3, -0.25) is 19.3 Å². The average Bonchev–Trinajstić information content (AvgIpc) is 3.00. The smallest absolute Gasteiger partial charge is 0.247 e. The van der Waals surface area contributed by atoms with E-state index in [1.807, 2.05) is 13.8 Å². The van der Waals surface area contributed by atoms with E-state index in [1.165, 1.54) is 16.7 Å². The van der Waals surface area contributed by atoms with Crippen LogP contribution in [0.25, 0.3) is 0 Å². The lowest BCUT2D eigenvalue weighted by Crippen LogP contribution is -2.66. The maximum atomic E-state index is 13.2. The molecule has 0 spiro atoms. The molecule has 0 aliphatic carbocycles. The van der Waals surface area contributed by atoms with E-state index in [-0.39, 0.29) is 30.1 Å². The molecule has 26 heavy (non-hydrogen) atoms. The molecule has 7 heteroatoms. The standard InChI is InChI=1S/C19H23N3O4/c1-10(2)8-13-17(25)22-15(16(24)20-13)9-19(26)12-6-4-5-7-14(12)21(11(3)23)18(19)22/h4-7,10,13,15,18,26H,8-9H2,1-3H3,(H,20,24). The van der Waals surface area contributed by atoms with E-state index in [0.29, 0.717) is 17.7 Å². The summed E-state index contributed by atoms with van der Waals surface area (Å²) >= 11 is 0. The number of anilines is 1. The van der Waals surface area contributed by atoms with Crippen molar-refractivity contribution in [2.75, 3.05) is 4.90 Å². The van der Waals surface area contributed by atoms with E-state index < -0.39 is 23.9 Å². The number of hydrogen-bond acceptors (Lipinski definition) is 4. The molecule has 2 saturated heterocycles. The molecule has 1 aromatic rings. The number of carbonyl (C=O) groups is 3. The minimum absolute atomic E-state index is 0.0877. The summed E-state index contributed by atoms with van der Waals surface area (Å²) < 4.78 is 0. The highest BCUT2D eigenvalue weighted by molar-refractivity contribution is 6.02. The number of nitrogens with one attached hydrogen (secondary N) is 1. The molecule has 3 aliphatic rings. The number of hydrogen-bond donors (Lipinski definition) is 2. The first-order valence-electron chi connectivity index (χ1n) is 9.00. The molecule has 3 heterocycles. The van der Waals surface area contributed by atoms with Crippen molar-refractivity contribution in [2.24, 2.45) is 5.92 Å². The Morgan fingerprint density at radius 1 is 1.35 bits per heavy atom. The van der Waals surface area contributed by atoms with Crippen LogP contribution in [0.2, 0.25) is 0 Å². The lowest BCUT2D eigenvalue weighted by Gasteiger charge is -2.41. The van der Waals surface area contributed by atoms with Crippen LogP contribution in [0.1, 0.15) is 39.2 Å². The monoisotopic (exact) mass is 357 g/mol. The van der Waals surface area contributed by atoms with Gasteiger partial charge in [0.25, 0.3) is 0 Å². The van der Waals surface area contributed by atoms with Crippen LogP contribution < -0.4 is 10.2 Å². The fourth-order valence-electron chi connectivity index (χ4n) is 4.64. The van der Waals surface area contributed by atoms with E-state index in [2.05, 4.69) is 5.32 Å². The largest absolute Gasteiger partial charge is 0.381 e. The van der Waals surface area contributed by atoms with Gasteiger partial charge in [0.15, 0.2) is 0 Å². The van der Waals surface area contributed by atoms with E-state index in [0.717, 1.165) is 0 Å². The first kappa shape index (κ1) is 17.0. The predicted molar refractivity (Wildman–Crippen MR) is 93.9 cm³/mol. The third-order valence-electron chi connectivity index (χ3n) is 5.62. The van der Waals surface area contributed by atoms with Crippen LogP contribution in [0.15, 0.2) is 24.3 Å². The fourth-order valence-corrected chi connectivity index (χ4v) is 4.64. The zero-order valence-corrected chi connectivity index (χ0v) is 15.1. The fraction of sp³-hybridized carbons (Fsp3) is 0.526. The second kappa shape index (κ2) is 5.54. The highest BCUT2D eigenvalue weighted by atomic mass is 16.3. The highest BCUT2D eigenvalue weighted by Gasteiger charge is 2.65. The van der Waals surface area contributed by atoms with Gasteiger partial charge in [0.05, 0.1) is 5.69 Å². The molecule has 4 atom stereocenters. The lowest BCUT2D eigenvalue weighted by atomic mass is 9.91. The molecule has 2 fully saturated rings. The normalized spacial score (nSPS) is 32.4. The first-order chi connectivity index (χ1) is 12.3. The third-order valence-corrected chi connectivity index (χ3v) is 5.62. The van der Waals surface area contributed by atoms with Crippen molar-refractivity contribution in [3.63, 3.8) is 0 Å². The Morgan fingerprint density at radius 2 is 2.04 bits per heavy atom. The van der Waals surface area contributed by atoms with Crippen molar-refractivity contribution in [1.82, 2.24) is 10.2 Å². The lowest BCUT2D eigenvalue weighted by molar-refractivity contribution is -0.150. The topological polar surface area (TPSA) is 90.0 Å². The second-order valence-corrected chi connectivity index (χ2v) is 7.86. The van der Waals surface area contributed by atoms with Gasteiger partial charge >= 0.3 is 0 Å². The maximum Gasteiger partial charge on any atom is 0.247 e. The molecule has 0 bridgehead atoms. The number of carbonyl (C=O) groups excluding carboxylic acids is 3. The maximum absolute atomic E-state index is 13.2. The number of nitrogens with zero attached hydrogens (tertiary/aromatic N) is 2. The molecule has 0 aromatic heterocycles. The van der Waals surface area contributed by atoms with Gasteiger partial charge < -0.3 is 15.3 Å². The molecule has 0 saturated carbocycles. The van der Waals surface area contributed by atoms with Crippen LogP contribution in [-0.2, 0) is 20.0 Å². The quantitative estimate of drug-likeness (QED) is 0.816. The van der Waals surface area contributed by atoms with Crippen molar-refractivity contribution >= 4 is 23.4 Å². The predicted octanol–water partition coefficient (Wildman–Crippen LogP) is 0.712. The zero-order chi connectivity index (χ0) is 18.8. The molecule has 1 aromatic carbocycles. The van der Waals surface area contributed by atoms with Crippen LogP contribution in [0.4, 0.5) is 5.69 Å². The van der Waals surface area contributed by atoms with Crippen LogP contribution >= 0.6 is 0 Å². The van der Waals surface area contributed by atoms with Crippen molar-refractivity contribution in [2.45, 2.75) is 57.5 Å². The summed E-state index contributed by atoms with van der Waals surface area (Å²) in [5, 5.41) is 14.3. The summed E-state index contributed by atoms with van der Waals surface area (Å²) in [4.78, 5) is 41.1. The Kier molecular flexibility index (Phi) is 3.63. The van der Waals surface area contributed by atoms with Gasteiger partial charge in [-0.25, -0.2) is 0 Å². The van der Waals surface area contributed by atoms with Crippen LogP contribution in [0, 0.1) is 5.92 Å². The Labute approximate surface area is 152 Å². The zero-order valence-electron chi connectivity index (χ0n) is 15.1. The van der Waals surface area contributed by atoms with Gasteiger partial charge in [-0.1, -0.05) is 32.0 Å². The molecule has 3 amide bonds. The van der Waals surface area contributed by atoms with E-state index >= 15 is 0 Å². The van der Waals surface area contributed by atoms with Crippen molar-refractivity contribution in [1.29, 1.82) is 0 Å². The van der Waals surface area contributed by atoms with Gasteiger partial charge in [0.2, 0.25) is 17.7 Å². The third kappa shape index (κ3) is 2.13. The van der Waals surface area contributed by atoms with E-state index in [1.54, 1.807) is 24.3 Å². The Morgan fingerprint density at radius 3 is 2.69 bits per heavy atom. The van der Waals surface area contributed by atoms with Crippen molar-refractivity contribution in [3.05, 3.63) is 29.8 Å². The Balaban J connectivity index is 1.82. The number of fused-ring (bicyclic) bond motifs is 5.